The van der Waals surface area contributed by atoms with Gasteiger partial charge >= 0.3 is 0 Å². The first kappa shape index (κ1) is 28.8. The highest BCUT2D eigenvalue weighted by molar-refractivity contribution is 8.18. The van der Waals surface area contributed by atoms with Crippen LogP contribution >= 0.6 is 69.7 Å². The SMILES string of the molecule is CCCCCC1(c2csc(N)n2)SCCCS1.CCCCCC1(c2csc(N)n2)SCCCS1. The molecule has 4 nitrogen and oxygen atoms in total. The predicted molar refractivity (Wildman–Crippen MR) is 164 cm³/mol. The van der Waals surface area contributed by atoms with E-state index in [-0.39, 0.29) is 8.16 Å². The van der Waals surface area contributed by atoms with Gasteiger partial charge in [0.1, 0.15) is 8.16 Å². The highest BCUT2D eigenvalue weighted by atomic mass is 32.2. The molecular formula is C24H40N4S6. The Balaban J connectivity index is 0.000000191. The lowest BCUT2D eigenvalue weighted by Gasteiger charge is -2.34. The zero-order valence-electron chi connectivity index (χ0n) is 20.6. The average Bonchev–Trinajstić information content (AvgIpc) is 3.50. The molecule has 0 aliphatic carbocycles. The lowest BCUT2D eigenvalue weighted by atomic mass is 10.1. The second-order valence-corrected chi connectivity index (χ2v) is 16.5. The highest BCUT2D eigenvalue weighted by Gasteiger charge is 2.38. The summed E-state index contributed by atoms with van der Waals surface area (Å²) in [6, 6.07) is 0. The van der Waals surface area contributed by atoms with Crippen LogP contribution in [0.2, 0.25) is 0 Å². The Morgan fingerprint density at radius 3 is 1.35 bits per heavy atom. The van der Waals surface area contributed by atoms with E-state index in [1.807, 2.05) is 0 Å². The Morgan fingerprint density at radius 2 is 1.06 bits per heavy atom. The molecule has 0 radical (unpaired) electrons. The van der Waals surface area contributed by atoms with Gasteiger partial charge in [0.05, 0.1) is 11.4 Å². The summed E-state index contributed by atoms with van der Waals surface area (Å²) in [5.41, 5.74) is 14.0. The number of thiazole rings is 2. The number of aromatic nitrogens is 2. The molecule has 0 saturated carbocycles. The average molecular weight is 577 g/mol. The van der Waals surface area contributed by atoms with Crippen molar-refractivity contribution < 1.29 is 0 Å². The van der Waals surface area contributed by atoms with Crippen LogP contribution in [0.1, 0.15) is 89.4 Å². The van der Waals surface area contributed by atoms with E-state index >= 15 is 0 Å². The van der Waals surface area contributed by atoms with E-state index in [0.717, 1.165) is 0 Å². The summed E-state index contributed by atoms with van der Waals surface area (Å²) >= 11 is 11.5. The van der Waals surface area contributed by atoms with E-state index in [9.17, 15) is 0 Å². The summed E-state index contributed by atoms with van der Waals surface area (Å²) < 4.78 is 0.392. The van der Waals surface area contributed by atoms with Crippen LogP contribution in [0.15, 0.2) is 10.8 Å². The van der Waals surface area contributed by atoms with Crippen LogP contribution in [0.25, 0.3) is 0 Å². The van der Waals surface area contributed by atoms with Crippen LogP contribution in [-0.4, -0.2) is 33.0 Å². The molecule has 4 heterocycles. The molecular weight excluding hydrogens is 537 g/mol. The molecule has 0 aromatic carbocycles. The fourth-order valence-corrected chi connectivity index (χ4v) is 12.4. The van der Waals surface area contributed by atoms with Gasteiger partial charge in [0.25, 0.3) is 0 Å². The van der Waals surface area contributed by atoms with Crippen LogP contribution in [0.4, 0.5) is 10.3 Å². The molecule has 0 amide bonds. The summed E-state index contributed by atoms with van der Waals surface area (Å²) in [5, 5.41) is 5.74. The lowest BCUT2D eigenvalue weighted by molar-refractivity contribution is 0.628. The van der Waals surface area contributed by atoms with Gasteiger partial charge < -0.3 is 11.5 Å². The maximum absolute atomic E-state index is 5.79. The van der Waals surface area contributed by atoms with E-state index in [1.165, 1.54) is 98.6 Å². The first-order valence-electron chi connectivity index (χ1n) is 12.5. The van der Waals surface area contributed by atoms with Gasteiger partial charge in [0.15, 0.2) is 10.3 Å². The Bertz CT molecular complexity index is 759. The van der Waals surface area contributed by atoms with Gasteiger partial charge in [0.2, 0.25) is 0 Å². The van der Waals surface area contributed by atoms with Crippen molar-refractivity contribution in [1.29, 1.82) is 0 Å². The number of anilines is 2. The minimum Gasteiger partial charge on any atom is -0.375 e. The maximum atomic E-state index is 5.79. The quantitative estimate of drug-likeness (QED) is 0.272. The molecule has 0 bridgehead atoms. The second-order valence-electron chi connectivity index (χ2n) is 8.66. The van der Waals surface area contributed by atoms with Gasteiger partial charge in [-0.15, -0.1) is 69.7 Å². The Labute approximate surface area is 231 Å². The summed E-state index contributed by atoms with van der Waals surface area (Å²) in [7, 11) is 0. The van der Waals surface area contributed by atoms with Gasteiger partial charge in [-0.3, -0.25) is 0 Å². The van der Waals surface area contributed by atoms with E-state index < -0.39 is 0 Å². The first-order valence-corrected chi connectivity index (χ1v) is 18.2. The number of rotatable bonds is 10. The topological polar surface area (TPSA) is 77.8 Å². The monoisotopic (exact) mass is 576 g/mol. The van der Waals surface area contributed by atoms with E-state index in [1.54, 1.807) is 22.7 Å². The molecule has 4 rings (SSSR count). The fraction of sp³-hybridized carbons (Fsp3) is 0.750. The fourth-order valence-electron chi connectivity index (χ4n) is 4.13. The molecule has 10 heteroatoms. The summed E-state index contributed by atoms with van der Waals surface area (Å²) in [6.45, 7) is 4.52. The van der Waals surface area contributed by atoms with Crippen molar-refractivity contribution in [3.8, 4) is 0 Å². The van der Waals surface area contributed by atoms with Gasteiger partial charge in [-0.2, -0.15) is 0 Å². The summed E-state index contributed by atoms with van der Waals surface area (Å²) in [5.74, 6) is 5.04. The normalized spacial score (nSPS) is 19.4. The Kier molecular flexibility index (Phi) is 12.6. The molecule has 0 spiro atoms. The predicted octanol–water partition coefficient (Wildman–Crippen LogP) is 8.66. The molecule has 2 aliphatic heterocycles. The van der Waals surface area contributed by atoms with Crippen LogP contribution in [0.3, 0.4) is 0 Å². The molecule has 2 aromatic rings. The van der Waals surface area contributed by atoms with Crippen molar-refractivity contribution in [3.63, 3.8) is 0 Å². The van der Waals surface area contributed by atoms with Gasteiger partial charge in [-0.25, -0.2) is 9.97 Å². The van der Waals surface area contributed by atoms with Crippen molar-refractivity contribution in [2.24, 2.45) is 0 Å². The molecule has 2 aromatic heterocycles. The number of nitrogens with zero attached hydrogens (tertiary/aromatic N) is 2. The third-order valence-corrected chi connectivity index (χ3v) is 14.2. The van der Waals surface area contributed by atoms with E-state index in [0.29, 0.717) is 10.3 Å². The molecule has 4 N–H and O–H groups in total. The Morgan fingerprint density at radius 1 is 0.676 bits per heavy atom. The van der Waals surface area contributed by atoms with Crippen LogP contribution in [0.5, 0.6) is 0 Å². The number of hydrogen-bond donors (Lipinski definition) is 2. The summed E-state index contributed by atoms with van der Waals surface area (Å²) in [4.78, 5) is 9.08. The van der Waals surface area contributed by atoms with Crippen molar-refractivity contribution >= 4 is 80.0 Å². The molecule has 34 heavy (non-hydrogen) atoms. The van der Waals surface area contributed by atoms with E-state index in [4.69, 9.17) is 11.5 Å². The van der Waals surface area contributed by atoms with Crippen LogP contribution < -0.4 is 11.5 Å². The van der Waals surface area contributed by atoms with Gasteiger partial charge in [-0.05, 0) is 48.7 Å². The number of nitrogen functional groups attached to an aromatic ring is 2. The third kappa shape index (κ3) is 8.13. The largest absolute Gasteiger partial charge is 0.375 e. The van der Waals surface area contributed by atoms with E-state index in [2.05, 4.69) is 81.6 Å². The number of nitrogens with two attached hydrogens (primary N) is 2. The van der Waals surface area contributed by atoms with Crippen molar-refractivity contribution in [2.45, 2.75) is 86.2 Å². The first-order chi connectivity index (χ1) is 16.5. The van der Waals surface area contributed by atoms with Crippen LogP contribution in [-0.2, 0) is 8.16 Å². The molecule has 0 unspecified atom stereocenters. The number of thioether (sulfide) groups is 4. The minimum absolute atomic E-state index is 0.196. The van der Waals surface area contributed by atoms with Crippen molar-refractivity contribution in [1.82, 2.24) is 9.97 Å². The van der Waals surface area contributed by atoms with Crippen LogP contribution in [0, 0.1) is 0 Å². The molecule has 2 aliphatic rings. The highest BCUT2D eigenvalue weighted by Crippen LogP contribution is 2.54. The van der Waals surface area contributed by atoms with Gasteiger partial charge in [-0.1, -0.05) is 52.4 Å². The summed E-state index contributed by atoms with van der Waals surface area (Å²) in [6.07, 6.45) is 12.9. The number of hydrogen-bond acceptors (Lipinski definition) is 10. The van der Waals surface area contributed by atoms with Crippen molar-refractivity contribution in [2.75, 3.05) is 34.5 Å². The minimum atomic E-state index is 0.196. The standard InChI is InChI=1S/2C12H20N2S3/c2*1-2-3-4-6-12(16-7-5-8-17-12)10-9-15-11(13)14-10/h2*9H,2-8H2,1H3,(H2,13,14). The van der Waals surface area contributed by atoms with Crippen molar-refractivity contribution in [3.05, 3.63) is 22.1 Å². The zero-order valence-corrected chi connectivity index (χ0v) is 25.5. The number of unbranched alkanes of at least 4 members (excludes halogenated alkanes) is 4. The molecule has 2 saturated heterocycles. The second kappa shape index (κ2) is 14.9. The smallest absolute Gasteiger partial charge is 0.180 e. The molecule has 2 fully saturated rings. The molecule has 192 valence electrons. The lowest BCUT2D eigenvalue weighted by Crippen LogP contribution is -2.23. The Hall–Kier alpha value is 0.260. The zero-order chi connectivity index (χ0) is 24.3. The maximum Gasteiger partial charge on any atom is 0.180 e. The van der Waals surface area contributed by atoms with Gasteiger partial charge in [0, 0.05) is 10.8 Å². The molecule has 0 atom stereocenters. The third-order valence-electron chi connectivity index (χ3n) is 5.96.